The van der Waals surface area contributed by atoms with Crippen molar-refractivity contribution in [2.45, 2.75) is 25.7 Å². The highest BCUT2D eigenvalue weighted by atomic mass is 16.2. The number of para-hydroxylation sites is 1. The molecule has 4 aliphatic rings. The number of pyridine rings is 1. The van der Waals surface area contributed by atoms with E-state index < -0.39 is 0 Å². The summed E-state index contributed by atoms with van der Waals surface area (Å²) in [5.74, 6) is -0.0338. The number of carbonyl (C=O) groups excluding carboxylic acids is 2. The van der Waals surface area contributed by atoms with Gasteiger partial charge in [0.1, 0.15) is 0 Å². The maximum Gasteiger partial charge on any atom is 0.261 e. The standard InChI is InChI=1S/C19H16N2O2/c22-18-15-11-6-7-12(9-8-11)16(15)19(23)21(18)14-5-1-3-13-4-2-10-20-17(13)14/h1-5,10-11,15H,6-9H2. The van der Waals surface area contributed by atoms with E-state index in [-0.39, 0.29) is 17.7 Å². The van der Waals surface area contributed by atoms with Crippen molar-refractivity contribution in [1.29, 1.82) is 0 Å². The second-order valence-corrected chi connectivity index (χ2v) is 6.66. The molecule has 114 valence electrons. The molecule has 0 radical (unpaired) electrons. The Labute approximate surface area is 133 Å². The van der Waals surface area contributed by atoms with Crippen molar-refractivity contribution in [3.63, 3.8) is 0 Å². The molecule has 1 unspecified atom stereocenters. The van der Waals surface area contributed by atoms with Crippen LogP contribution in [0.3, 0.4) is 0 Å². The van der Waals surface area contributed by atoms with Crippen molar-refractivity contribution in [2.24, 2.45) is 11.8 Å². The van der Waals surface area contributed by atoms with E-state index in [4.69, 9.17) is 0 Å². The lowest BCUT2D eigenvalue weighted by Gasteiger charge is -2.34. The van der Waals surface area contributed by atoms with Gasteiger partial charge in [-0.3, -0.25) is 14.6 Å². The number of aromatic nitrogens is 1. The van der Waals surface area contributed by atoms with Crippen LogP contribution in [-0.2, 0) is 9.59 Å². The first-order valence-corrected chi connectivity index (χ1v) is 8.19. The van der Waals surface area contributed by atoms with Gasteiger partial charge in [0.05, 0.1) is 17.1 Å². The number of fused-ring (bicyclic) bond motifs is 3. The zero-order valence-corrected chi connectivity index (χ0v) is 12.7. The minimum atomic E-state index is -0.209. The van der Waals surface area contributed by atoms with E-state index in [1.165, 1.54) is 10.5 Å². The zero-order chi connectivity index (χ0) is 15.6. The minimum absolute atomic E-state index is 0.0509. The predicted molar refractivity (Wildman–Crippen MR) is 86.7 cm³/mol. The van der Waals surface area contributed by atoms with E-state index in [0.717, 1.165) is 36.6 Å². The van der Waals surface area contributed by atoms with Crippen LogP contribution in [0.1, 0.15) is 25.7 Å². The second kappa shape index (κ2) is 4.51. The van der Waals surface area contributed by atoms with Crippen LogP contribution in [0.25, 0.3) is 10.9 Å². The van der Waals surface area contributed by atoms with Crippen LogP contribution in [0, 0.1) is 11.8 Å². The fourth-order valence-corrected chi connectivity index (χ4v) is 4.51. The van der Waals surface area contributed by atoms with E-state index in [0.29, 0.717) is 17.1 Å². The van der Waals surface area contributed by atoms with Crippen LogP contribution in [0.4, 0.5) is 5.69 Å². The van der Waals surface area contributed by atoms with Gasteiger partial charge in [-0.25, -0.2) is 4.90 Å². The molecule has 1 saturated heterocycles. The molecule has 0 spiro atoms. The van der Waals surface area contributed by atoms with Gasteiger partial charge < -0.3 is 0 Å². The fourth-order valence-electron chi connectivity index (χ4n) is 4.51. The number of imide groups is 1. The fraction of sp³-hybridized carbons (Fsp3) is 0.316. The van der Waals surface area contributed by atoms with E-state index in [9.17, 15) is 9.59 Å². The Morgan fingerprint density at radius 2 is 1.83 bits per heavy atom. The Bertz CT molecular complexity index is 884. The van der Waals surface area contributed by atoms with Gasteiger partial charge in [-0.15, -0.1) is 0 Å². The Balaban J connectivity index is 1.71. The molecule has 4 nitrogen and oxygen atoms in total. The molecule has 2 bridgehead atoms. The minimum Gasteiger partial charge on any atom is -0.273 e. The van der Waals surface area contributed by atoms with Crippen LogP contribution in [0.2, 0.25) is 0 Å². The van der Waals surface area contributed by atoms with Crippen molar-refractivity contribution in [2.75, 3.05) is 4.90 Å². The smallest absolute Gasteiger partial charge is 0.261 e. The number of hydrogen-bond donors (Lipinski definition) is 0. The van der Waals surface area contributed by atoms with Crippen LogP contribution in [-0.4, -0.2) is 16.8 Å². The summed E-state index contributed by atoms with van der Waals surface area (Å²) in [7, 11) is 0. The summed E-state index contributed by atoms with van der Waals surface area (Å²) in [5.41, 5.74) is 3.35. The monoisotopic (exact) mass is 304 g/mol. The van der Waals surface area contributed by atoms with Gasteiger partial charge >= 0.3 is 0 Å². The number of hydrogen-bond acceptors (Lipinski definition) is 3. The third-order valence-corrected chi connectivity index (χ3v) is 5.57. The number of nitrogens with zero attached hydrogens (tertiary/aromatic N) is 2. The molecule has 1 aromatic heterocycles. The molecule has 6 rings (SSSR count). The molecule has 3 aliphatic carbocycles. The highest BCUT2D eigenvalue weighted by Crippen LogP contribution is 2.50. The van der Waals surface area contributed by atoms with Crippen molar-refractivity contribution in [3.05, 3.63) is 47.7 Å². The molecule has 2 fully saturated rings. The van der Waals surface area contributed by atoms with Crippen LogP contribution >= 0.6 is 0 Å². The van der Waals surface area contributed by atoms with Crippen LogP contribution < -0.4 is 4.90 Å². The first-order valence-electron chi connectivity index (χ1n) is 8.19. The van der Waals surface area contributed by atoms with Gasteiger partial charge in [-0.05, 0) is 43.7 Å². The zero-order valence-electron chi connectivity index (χ0n) is 12.7. The quantitative estimate of drug-likeness (QED) is 0.760. The number of rotatable bonds is 1. The summed E-state index contributed by atoms with van der Waals surface area (Å²) in [6, 6.07) is 9.49. The molecule has 0 N–H and O–H groups in total. The average molecular weight is 304 g/mol. The summed E-state index contributed by atoms with van der Waals surface area (Å²) in [6.07, 6.45) is 5.76. The Morgan fingerprint density at radius 1 is 1.04 bits per heavy atom. The van der Waals surface area contributed by atoms with Crippen molar-refractivity contribution in [3.8, 4) is 0 Å². The van der Waals surface area contributed by atoms with E-state index in [2.05, 4.69) is 4.98 Å². The van der Waals surface area contributed by atoms with E-state index >= 15 is 0 Å². The predicted octanol–water partition coefficient (Wildman–Crippen LogP) is 3.22. The number of benzene rings is 1. The van der Waals surface area contributed by atoms with Gasteiger partial charge in [0.15, 0.2) is 0 Å². The Morgan fingerprint density at radius 3 is 2.61 bits per heavy atom. The largest absolute Gasteiger partial charge is 0.273 e. The average Bonchev–Trinajstić information content (AvgIpc) is 2.89. The Kier molecular flexibility index (Phi) is 2.55. The molecule has 23 heavy (non-hydrogen) atoms. The van der Waals surface area contributed by atoms with Crippen molar-refractivity contribution < 1.29 is 9.59 Å². The van der Waals surface area contributed by atoms with Crippen LogP contribution in [0.15, 0.2) is 47.7 Å². The van der Waals surface area contributed by atoms with Gasteiger partial charge in [0, 0.05) is 17.2 Å². The molecule has 2 aromatic rings. The molecular formula is C19H16N2O2. The topological polar surface area (TPSA) is 50.3 Å². The van der Waals surface area contributed by atoms with Crippen molar-refractivity contribution >= 4 is 28.4 Å². The highest BCUT2D eigenvalue weighted by molar-refractivity contribution is 6.31. The van der Waals surface area contributed by atoms with Gasteiger partial charge in [0.25, 0.3) is 5.91 Å². The normalized spacial score (nSPS) is 26.3. The Hall–Kier alpha value is -2.49. The summed E-state index contributed by atoms with van der Waals surface area (Å²) >= 11 is 0. The molecule has 1 aliphatic heterocycles. The lowest BCUT2D eigenvalue weighted by molar-refractivity contribution is -0.123. The number of allylic oxidation sites excluding steroid dienone is 1. The van der Waals surface area contributed by atoms with Gasteiger partial charge in [-0.1, -0.05) is 23.8 Å². The molecule has 1 atom stereocenters. The van der Waals surface area contributed by atoms with Crippen molar-refractivity contribution in [1.82, 2.24) is 4.98 Å². The molecular weight excluding hydrogens is 288 g/mol. The lowest BCUT2D eigenvalue weighted by atomic mass is 9.67. The summed E-state index contributed by atoms with van der Waals surface area (Å²) < 4.78 is 0. The second-order valence-electron chi connectivity index (χ2n) is 6.66. The summed E-state index contributed by atoms with van der Waals surface area (Å²) in [4.78, 5) is 31.8. The third kappa shape index (κ3) is 1.63. The lowest BCUT2D eigenvalue weighted by Crippen LogP contribution is -2.33. The number of amides is 2. The molecule has 4 heteroatoms. The molecule has 2 amide bonds. The molecule has 2 heterocycles. The van der Waals surface area contributed by atoms with Gasteiger partial charge in [0.2, 0.25) is 5.91 Å². The summed E-state index contributed by atoms with van der Waals surface area (Å²) in [6.45, 7) is 0. The highest BCUT2D eigenvalue weighted by Gasteiger charge is 2.52. The van der Waals surface area contributed by atoms with Crippen LogP contribution in [0.5, 0.6) is 0 Å². The van der Waals surface area contributed by atoms with E-state index in [1.54, 1.807) is 6.20 Å². The van der Waals surface area contributed by atoms with Gasteiger partial charge in [-0.2, -0.15) is 0 Å². The number of carbonyl (C=O) groups is 2. The first-order chi connectivity index (χ1) is 11.3. The first kappa shape index (κ1) is 13.0. The number of anilines is 1. The maximum atomic E-state index is 13.0. The summed E-state index contributed by atoms with van der Waals surface area (Å²) in [5, 5.41) is 0.945. The maximum absolute atomic E-state index is 13.0. The third-order valence-electron chi connectivity index (χ3n) is 5.57. The van der Waals surface area contributed by atoms with E-state index in [1.807, 2.05) is 30.3 Å². The molecule has 1 saturated carbocycles. The molecule has 1 aromatic carbocycles. The SMILES string of the molecule is O=C1C2=C3CCC(CC3)C2C(=O)N1c1cccc2cccnc12.